The van der Waals surface area contributed by atoms with Crippen molar-refractivity contribution >= 4 is 27.4 Å². The van der Waals surface area contributed by atoms with E-state index in [1.807, 2.05) is 0 Å². The Morgan fingerprint density at radius 1 is 1.21 bits per heavy atom. The number of rotatable bonds is 5. The molecule has 0 amide bonds. The molecule has 152 valence electrons. The summed E-state index contributed by atoms with van der Waals surface area (Å²) in [6.45, 7) is 0.490. The number of carbonyl (C=O) groups is 1. The standard InChI is InChI=1S/C20H18ClNO6S/c21-15-6-13-17(7-16(15)28-8-10-1-2-10)29(26,27)9-11-5-14(20(24)25)19(23)22(18(11)13)12-3-4-12/h5-7,10,12H,1-4,8-9H2,(H,24,25). The second kappa shape index (κ2) is 6.34. The Kier molecular flexibility index (Phi) is 4.08. The van der Waals surface area contributed by atoms with E-state index in [1.165, 1.54) is 22.8 Å². The van der Waals surface area contributed by atoms with Crippen LogP contribution in [-0.4, -0.2) is 30.7 Å². The molecule has 3 aliphatic rings. The van der Waals surface area contributed by atoms with E-state index in [9.17, 15) is 23.1 Å². The first-order valence-corrected chi connectivity index (χ1v) is 11.5. The van der Waals surface area contributed by atoms with E-state index >= 15 is 0 Å². The van der Waals surface area contributed by atoms with Crippen molar-refractivity contribution in [2.24, 2.45) is 5.92 Å². The summed E-state index contributed by atoms with van der Waals surface area (Å²) in [7, 11) is -3.74. The molecule has 29 heavy (non-hydrogen) atoms. The maximum absolute atomic E-state index is 13.0. The largest absolute Gasteiger partial charge is 0.492 e. The molecule has 1 N–H and O–H groups in total. The zero-order valence-corrected chi connectivity index (χ0v) is 16.9. The zero-order chi connectivity index (χ0) is 20.5. The number of sulfone groups is 1. The molecule has 2 aliphatic carbocycles. The Labute approximate surface area is 171 Å². The molecular weight excluding hydrogens is 418 g/mol. The van der Waals surface area contributed by atoms with Gasteiger partial charge >= 0.3 is 5.97 Å². The summed E-state index contributed by atoms with van der Waals surface area (Å²) < 4.78 is 33.1. The summed E-state index contributed by atoms with van der Waals surface area (Å²) in [4.78, 5) is 24.5. The van der Waals surface area contributed by atoms with Crippen molar-refractivity contribution in [1.29, 1.82) is 0 Å². The average Bonchev–Trinajstić information content (AvgIpc) is 3.53. The Balaban J connectivity index is 1.74. The van der Waals surface area contributed by atoms with Crippen LogP contribution in [0.2, 0.25) is 5.02 Å². The van der Waals surface area contributed by atoms with E-state index < -0.39 is 26.9 Å². The van der Waals surface area contributed by atoms with Gasteiger partial charge in [-0.1, -0.05) is 11.6 Å². The van der Waals surface area contributed by atoms with Gasteiger partial charge < -0.3 is 14.4 Å². The van der Waals surface area contributed by atoms with Crippen LogP contribution < -0.4 is 10.3 Å². The molecule has 5 rings (SSSR count). The molecule has 0 atom stereocenters. The number of nitrogens with zero attached hydrogens (tertiary/aromatic N) is 1. The Morgan fingerprint density at radius 2 is 1.93 bits per heavy atom. The number of carboxylic acids is 1. The lowest BCUT2D eigenvalue weighted by Crippen LogP contribution is -2.30. The average molecular weight is 436 g/mol. The molecule has 0 saturated heterocycles. The number of fused-ring (bicyclic) bond motifs is 3. The number of ether oxygens (including phenoxy) is 1. The molecule has 9 heteroatoms. The fraction of sp³-hybridized carbons (Fsp3) is 0.400. The van der Waals surface area contributed by atoms with Gasteiger partial charge in [-0.3, -0.25) is 4.79 Å². The maximum Gasteiger partial charge on any atom is 0.341 e. The van der Waals surface area contributed by atoms with Crippen LogP contribution in [-0.2, 0) is 15.6 Å². The van der Waals surface area contributed by atoms with Gasteiger partial charge in [0.05, 0.1) is 28.0 Å². The number of halogens is 1. The minimum Gasteiger partial charge on any atom is -0.492 e. The topological polar surface area (TPSA) is 103 Å². The molecule has 2 heterocycles. The number of aromatic nitrogens is 1. The molecule has 0 spiro atoms. The third kappa shape index (κ3) is 3.14. The van der Waals surface area contributed by atoms with Crippen LogP contribution in [0.15, 0.2) is 27.9 Å². The van der Waals surface area contributed by atoms with Crippen molar-refractivity contribution in [2.45, 2.75) is 42.4 Å². The smallest absolute Gasteiger partial charge is 0.341 e. The monoisotopic (exact) mass is 435 g/mol. The first-order chi connectivity index (χ1) is 13.8. The van der Waals surface area contributed by atoms with Crippen molar-refractivity contribution in [2.75, 3.05) is 6.61 Å². The third-order valence-corrected chi connectivity index (χ3v) is 7.59. The second-order valence-corrected chi connectivity index (χ2v) is 10.3. The predicted octanol–water partition coefficient (Wildman–Crippen LogP) is 3.28. The first-order valence-electron chi connectivity index (χ1n) is 9.47. The van der Waals surface area contributed by atoms with Gasteiger partial charge in [-0.05, 0) is 49.3 Å². The second-order valence-electron chi connectivity index (χ2n) is 7.94. The number of pyridine rings is 1. The molecule has 7 nitrogen and oxygen atoms in total. The normalized spacial score (nSPS) is 19.3. The lowest BCUT2D eigenvalue weighted by molar-refractivity contribution is 0.0694. The van der Waals surface area contributed by atoms with E-state index in [4.69, 9.17) is 16.3 Å². The van der Waals surface area contributed by atoms with Crippen molar-refractivity contribution in [3.63, 3.8) is 0 Å². The van der Waals surface area contributed by atoms with E-state index in [2.05, 4.69) is 0 Å². The molecule has 2 fully saturated rings. The molecule has 2 saturated carbocycles. The molecule has 2 aromatic rings. The number of hydrogen-bond acceptors (Lipinski definition) is 5. The summed E-state index contributed by atoms with van der Waals surface area (Å²) in [6, 6.07) is 4.01. The summed E-state index contributed by atoms with van der Waals surface area (Å²) in [5, 5.41) is 9.68. The van der Waals surface area contributed by atoms with E-state index in [-0.39, 0.29) is 21.7 Å². The summed E-state index contributed by atoms with van der Waals surface area (Å²) in [6.07, 6.45) is 3.67. The van der Waals surface area contributed by atoms with Gasteiger partial charge in [-0.2, -0.15) is 0 Å². The maximum atomic E-state index is 13.0. The molecule has 0 radical (unpaired) electrons. The van der Waals surface area contributed by atoms with Crippen molar-refractivity contribution in [1.82, 2.24) is 4.57 Å². The molecular formula is C20H18ClNO6S. The van der Waals surface area contributed by atoms with Crippen molar-refractivity contribution in [3.05, 3.63) is 44.7 Å². The SMILES string of the molecule is O=C(O)c1cc2c(n(C3CC3)c1=O)-c1cc(Cl)c(OCC3CC3)cc1S(=O)(=O)C2. The van der Waals surface area contributed by atoms with Gasteiger partial charge in [-0.25, -0.2) is 13.2 Å². The van der Waals surface area contributed by atoms with Crippen molar-refractivity contribution in [3.8, 4) is 17.0 Å². The summed E-state index contributed by atoms with van der Waals surface area (Å²) >= 11 is 6.39. The highest BCUT2D eigenvalue weighted by Gasteiger charge is 2.37. The van der Waals surface area contributed by atoms with E-state index in [0.717, 1.165) is 25.7 Å². The molecule has 1 aromatic heterocycles. The summed E-state index contributed by atoms with van der Waals surface area (Å²) in [5.41, 5.74) is 0.0574. The first kappa shape index (κ1) is 18.7. The van der Waals surface area contributed by atoms with Gasteiger partial charge in [0.1, 0.15) is 11.3 Å². The number of carboxylic acid groups (broad SMARTS) is 1. The highest BCUT2D eigenvalue weighted by Crippen LogP contribution is 2.46. The fourth-order valence-electron chi connectivity index (χ4n) is 3.80. The predicted molar refractivity (Wildman–Crippen MR) is 105 cm³/mol. The van der Waals surface area contributed by atoms with Gasteiger partial charge in [-0.15, -0.1) is 0 Å². The van der Waals surface area contributed by atoms with Crippen molar-refractivity contribution < 1.29 is 23.1 Å². The van der Waals surface area contributed by atoms with E-state index in [0.29, 0.717) is 35.1 Å². The minimum atomic E-state index is -3.74. The van der Waals surface area contributed by atoms with Gasteiger partial charge in [0, 0.05) is 17.7 Å². The van der Waals surface area contributed by atoms with Crippen LogP contribution in [0.1, 0.15) is 47.6 Å². The summed E-state index contributed by atoms with van der Waals surface area (Å²) in [5.74, 6) is -0.940. The molecule has 1 aliphatic heterocycles. The number of hydrogen-bond donors (Lipinski definition) is 1. The lowest BCUT2D eigenvalue weighted by Gasteiger charge is -2.25. The van der Waals surface area contributed by atoms with Gasteiger partial charge in [0.2, 0.25) is 0 Å². The van der Waals surface area contributed by atoms with Crippen LogP contribution in [0.4, 0.5) is 0 Å². The van der Waals surface area contributed by atoms with Gasteiger partial charge in [0.15, 0.2) is 9.84 Å². The highest BCUT2D eigenvalue weighted by atomic mass is 35.5. The number of benzene rings is 1. The van der Waals surface area contributed by atoms with Crippen LogP contribution in [0.3, 0.4) is 0 Å². The third-order valence-electron chi connectivity index (χ3n) is 5.60. The Hall–Kier alpha value is -2.32. The zero-order valence-electron chi connectivity index (χ0n) is 15.4. The minimum absolute atomic E-state index is 0.0667. The van der Waals surface area contributed by atoms with Crippen LogP contribution >= 0.6 is 11.6 Å². The van der Waals surface area contributed by atoms with E-state index in [1.54, 1.807) is 0 Å². The molecule has 0 unspecified atom stereocenters. The molecule has 1 aromatic carbocycles. The molecule has 0 bridgehead atoms. The Morgan fingerprint density at radius 3 is 2.55 bits per heavy atom. The quantitative estimate of drug-likeness (QED) is 0.773. The lowest BCUT2D eigenvalue weighted by atomic mass is 10.0. The van der Waals surface area contributed by atoms with Crippen LogP contribution in [0.25, 0.3) is 11.3 Å². The highest BCUT2D eigenvalue weighted by molar-refractivity contribution is 7.90. The van der Waals surface area contributed by atoms with Crippen LogP contribution in [0.5, 0.6) is 5.75 Å². The van der Waals surface area contributed by atoms with Gasteiger partial charge in [0.25, 0.3) is 5.56 Å². The fourth-order valence-corrected chi connectivity index (χ4v) is 5.58. The number of aromatic carboxylic acids is 1. The van der Waals surface area contributed by atoms with Crippen LogP contribution in [0, 0.1) is 5.92 Å². The Bertz CT molecular complexity index is 1220.